The van der Waals surface area contributed by atoms with Crippen LogP contribution in [0.1, 0.15) is 71.4 Å². The van der Waals surface area contributed by atoms with Crippen molar-refractivity contribution in [3.05, 3.63) is 69.7 Å². The molecule has 12 heteroatoms. The molecule has 2 aromatic carbocycles. The molecule has 0 spiro atoms. The lowest BCUT2D eigenvalue weighted by Crippen LogP contribution is -2.51. The standard InChI is InChI=1S/C19H28ClNO3S.C15H20ClNO2.2ClH/c1-5-24-18(22)15-8-11-17(12-14-6-9-16(20)10-7-14)21(13-15)25(23)19(2,3)4;1-2-19-15(18)12-5-8-14(17-10-12)9-11-3-6-13(16)7-4-11;;/h6-7,9-10,15,17H,5,8,11-13H2,1-4H3;3-4,6-7,12,14,17H,2,5,8-10H2,1H3;2*1H/t15?,17?,25-;;;/m0.../s1. The minimum absolute atomic E-state index is 0. The Balaban J connectivity index is 0.000000455. The number of esters is 2. The van der Waals surface area contributed by atoms with Gasteiger partial charge >= 0.3 is 11.9 Å². The number of carbonyl (C=O) groups excluding carboxylic acids is 2. The number of ether oxygens (including phenoxy) is 2. The maximum atomic E-state index is 13.1. The first-order valence-corrected chi connectivity index (χ1v) is 17.5. The molecule has 2 aliphatic heterocycles. The Labute approximate surface area is 300 Å². The van der Waals surface area contributed by atoms with Crippen molar-refractivity contribution in [2.75, 3.05) is 26.3 Å². The van der Waals surface area contributed by atoms with Crippen molar-refractivity contribution in [3.8, 4) is 0 Å². The third kappa shape index (κ3) is 13.6. The van der Waals surface area contributed by atoms with Crippen molar-refractivity contribution >= 4 is 70.9 Å². The molecule has 0 amide bonds. The monoisotopic (exact) mass is 738 g/mol. The summed E-state index contributed by atoms with van der Waals surface area (Å²) >= 11 is 11.8. The Hall–Kier alpha value is -1.39. The highest BCUT2D eigenvalue weighted by Gasteiger charge is 2.39. The van der Waals surface area contributed by atoms with Gasteiger partial charge in [0.15, 0.2) is 0 Å². The molecule has 2 saturated heterocycles. The number of hydrogen-bond acceptors (Lipinski definition) is 6. The fourth-order valence-electron chi connectivity index (χ4n) is 5.55. The molecule has 46 heavy (non-hydrogen) atoms. The topological polar surface area (TPSA) is 84.9 Å². The summed E-state index contributed by atoms with van der Waals surface area (Å²) in [5.41, 5.74) is 2.44. The molecule has 4 unspecified atom stereocenters. The van der Waals surface area contributed by atoms with E-state index in [1.807, 2.05) is 75.3 Å². The van der Waals surface area contributed by atoms with Gasteiger partial charge < -0.3 is 14.8 Å². The third-order valence-electron chi connectivity index (χ3n) is 7.93. The van der Waals surface area contributed by atoms with Crippen LogP contribution in [0, 0.1) is 11.8 Å². The van der Waals surface area contributed by atoms with E-state index in [4.69, 9.17) is 32.7 Å². The van der Waals surface area contributed by atoms with Crippen LogP contribution < -0.4 is 5.32 Å². The Morgan fingerprint density at radius 1 is 0.804 bits per heavy atom. The maximum Gasteiger partial charge on any atom is 0.310 e. The number of hydrogen-bond donors (Lipinski definition) is 1. The van der Waals surface area contributed by atoms with E-state index in [0.29, 0.717) is 30.8 Å². The number of carbonyl (C=O) groups is 2. The number of halogens is 4. The van der Waals surface area contributed by atoms with Gasteiger partial charge in [-0.05, 0) is 109 Å². The molecular weight excluding hydrogens is 690 g/mol. The van der Waals surface area contributed by atoms with Gasteiger partial charge in [-0.1, -0.05) is 47.5 Å². The normalized spacial score (nSPS) is 22.2. The molecule has 0 aromatic heterocycles. The average Bonchev–Trinajstić information content (AvgIpc) is 3.00. The third-order valence-corrected chi connectivity index (χ3v) is 10.4. The summed E-state index contributed by atoms with van der Waals surface area (Å²) in [5.74, 6) is -0.433. The zero-order valence-electron chi connectivity index (χ0n) is 27.5. The van der Waals surface area contributed by atoms with E-state index >= 15 is 0 Å². The van der Waals surface area contributed by atoms with Crippen LogP contribution in [0.25, 0.3) is 0 Å². The molecule has 260 valence electrons. The Kier molecular flexibility index (Phi) is 19.3. The van der Waals surface area contributed by atoms with Crippen LogP contribution in [0.4, 0.5) is 0 Å². The molecule has 0 radical (unpaired) electrons. The van der Waals surface area contributed by atoms with Gasteiger partial charge in [-0.25, -0.2) is 8.51 Å². The lowest BCUT2D eigenvalue weighted by molar-refractivity contribution is -0.150. The van der Waals surface area contributed by atoms with Gasteiger partial charge in [-0.2, -0.15) is 0 Å². The largest absolute Gasteiger partial charge is 0.466 e. The number of nitrogens with one attached hydrogen (secondary N) is 1. The number of nitrogens with zero attached hydrogens (tertiary/aromatic N) is 1. The summed E-state index contributed by atoms with van der Waals surface area (Å²) in [4.78, 5) is 23.8. The van der Waals surface area contributed by atoms with E-state index in [0.717, 1.165) is 50.1 Å². The van der Waals surface area contributed by atoms with Crippen LogP contribution in [-0.4, -0.2) is 63.6 Å². The van der Waals surface area contributed by atoms with Crippen molar-refractivity contribution in [1.29, 1.82) is 0 Å². The highest BCUT2D eigenvalue weighted by atomic mass is 35.5. The molecule has 4 rings (SSSR count). The molecule has 2 fully saturated rings. The predicted molar refractivity (Wildman–Crippen MR) is 194 cm³/mol. The summed E-state index contributed by atoms with van der Waals surface area (Å²) in [7, 11) is -1.17. The summed E-state index contributed by atoms with van der Waals surface area (Å²) in [6, 6.07) is 16.3. The highest BCUT2D eigenvalue weighted by Crippen LogP contribution is 2.30. The van der Waals surface area contributed by atoms with Crippen LogP contribution in [0.3, 0.4) is 0 Å². The van der Waals surface area contributed by atoms with Gasteiger partial charge in [0.25, 0.3) is 0 Å². The number of piperidine rings is 2. The van der Waals surface area contributed by atoms with Crippen molar-refractivity contribution in [2.24, 2.45) is 11.8 Å². The average molecular weight is 741 g/mol. The number of rotatable bonds is 9. The smallest absolute Gasteiger partial charge is 0.310 e. The lowest BCUT2D eigenvalue weighted by Gasteiger charge is -2.40. The van der Waals surface area contributed by atoms with E-state index in [-0.39, 0.29) is 59.4 Å². The highest BCUT2D eigenvalue weighted by molar-refractivity contribution is 7.84. The van der Waals surface area contributed by atoms with E-state index in [1.54, 1.807) is 0 Å². The molecule has 0 bridgehead atoms. The van der Waals surface area contributed by atoms with E-state index in [2.05, 4.69) is 17.4 Å². The van der Waals surface area contributed by atoms with Crippen LogP contribution in [0.5, 0.6) is 0 Å². The van der Waals surface area contributed by atoms with Gasteiger partial charge in [0.1, 0.15) is 0 Å². The summed E-state index contributed by atoms with van der Waals surface area (Å²) in [6.45, 7) is 11.6. The molecule has 1 N–H and O–H groups in total. The first-order chi connectivity index (χ1) is 20.9. The molecule has 7 nitrogen and oxygen atoms in total. The van der Waals surface area contributed by atoms with Crippen LogP contribution in [0.15, 0.2) is 48.5 Å². The Morgan fingerprint density at radius 3 is 1.74 bits per heavy atom. The summed E-state index contributed by atoms with van der Waals surface area (Å²) in [6.07, 6.45) is 5.29. The molecule has 0 saturated carbocycles. The minimum atomic E-state index is -1.17. The summed E-state index contributed by atoms with van der Waals surface area (Å²) < 4.78 is 24.9. The fraction of sp³-hybridized carbons (Fsp3) is 0.588. The van der Waals surface area contributed by atoms with Crippen LogP contribution in [-0.2, 0) is 42.9 Å². The predicted octanol–water partition coefficient (Wildman–Crippen LogP) is 7.65. The van der Waals surface area contributed by atoms with Crippen molar-refractivity contribution in [1.82, 2.24) is 9.62 Å². The van der Waals surface area contributed by atoms with Gasteiger partial charge in [0.2, 0.25) is 0 Å². The van der Waals surface area contributed by atoms with Crippen molar-refractivity contribution in [3.63, 3.8) is 0 Å². The van der Waals surface area contributed by atoms with Gasteiger partial charge in [-0.3, -0.25) is 9.59 Å². The first kappa shape index (κ1) is 42.6. The number of benzene rings is 2. The van der Waals surface area contributed by atoms with Crippen molar-refractivity contribution in [2.45, 2.75) is 90.0 Å². The first-order valence-electron chi connectivity index (χ1n) is 15.6. The van der Waals surface area contributed by atoms with Crippen molar-refractivity contribution < 1.29 is 23.3 Å². The molecule has 2 aromatic rings. The molecule has 2 heterocycles. The van der Waals surface area contributed by atoms with Gasteiger partial charge in [-0.15, -0.1) is 24.8 Å². The van der Waals surface area contributed by atoms with E-state index < -0.39 is 11.0 Å². The Morgan fingerprint density at radius 2 is 1.28 bits per heavy atom. The minimum Gasteiger partial charge on any atom is -0.466 e. The van der Waals surface area contributed by atoms with E-state index in [9.17, 15) is 13.8 Å². The quantitative estimate of drug-likeness (QED) is 0.266. The summed E-state index contributed by atoms with van der Waals surface area (Å²) in [5, 5.41) is 4.92. The molecule has 2 aliphatic rings. The molecule has 0 aliphatic carbocycles. The van der Waals surface area contributed by atoms with Gasteiger partial charge in [0, 0.05) is 35.2 Å². The SMILES string of the molecule is CCOC(=O)C1CCC(Cc2ccc(Cl)cc2)N([S@@](=O)C(C)(C)C)C1.CCOC(=O)C1CCC(Cc2ccc(Cl)cc2)NC1.Cl.Cl. The lowest BCUT2D eigenvalue weighted by atomic mass is 9.91. The van der Waals surface area contributed by atoms with Crippen LogP contribution >= 0.6 is 48.0 Å². The molecule has 5 atom stereocenters. The second kappa shape index (κ2) is 20.9. The molecular formula is C34H50Cl4N2O5S. The fourth-order valence-corrected chi connectivity index (χ4v) is 7.28. The Bertz CT molecular complexity index is 1220. The van der Waals surface area contributed by atoms with Crippen LogP contribution in [0.2, 0.25) is 10.0 Å². The second-order valence-electron chi connectivity index (χ2n) is 12.4. The van der Waals surface area contributed by atoms with E-state index in [1.165, 1.54) is 11.1 Å². The maximum absolute atomic E-state index is 13.1. The van der Waals surface area contributed by atoms with Gasteiger partial charge in [0.05, 0.1) is 40.8 Å². The zero-order valence-corrected chi connectivity index (χ0v) is 31.4. The second-order valence-corrected chi connectivity index (χ2v) is 15.5. The zero-order chi connectivity index (χ0) is 32.3.